The Bertz CT molecular complexity index is 634. The lowest BCUT2D eigenvalue weighted by molar-refractivity contribution is 0.870. The molecule has 0 aliphatic rings. The summed E-state index contributed by atoms with van der Waals surface area (Å²) < 4.78 is 1.89. The first kappa shape index (κ1) is 9.21. The van der Waals surface area contributed by atoms with E-state index in [1.807, 2.05) is 28.8 Å². The molecule has 16 heavy (non-hydrogen) atoms. The van der Waals surface area contributed by atoms with Crippen LogP contribution in [0.15, 0.2) is 24.3 Å². The molecule has 0 bridgehead atoms. The van der Waals surface area contributed by atoms with Crippen molar-refractivity contribution in [3.63, 3.8) is 0 Å². The summed E-state index contributed by atoms with van der Waals surface area (Å²) in [6, 6.07) is 8.32. The zero-order valence-corrected chi connectivity index (χ0v) is 9.23. The number of para-hydroxylation sites is 2. The number of hydrogen-bond acceptors (Lipinski definition) is 3. The van der Waals surface area contributed by atoms with Gasteiger partial charge in [-0.25, -0.2) is 9.50 Å². The number of imidazole rings is 1. The van der Waals surface area contributed by atoms with Gasteiger partial charge in [0.15, 0.2) is 0 Å². The molecule has 2 N–H and O–H groups in total. The molecule has 5 heteroatoms. The highest BCUT2D eigenvalue weighted by Crippen LogP contribution is 2.15. The van der Waals surface area contributed by atoms with E-state index in [9.17, 15) is 0 Å². The van der Waals surface area contributed by atoms with Gasteiger partial charge in [-0.1, -0.05) is 12.1 Å². The van der Waals surface area contributed by atoms with Crippen LogP contribution in [0.2, 0.25) is 0 Å². The zero-order chi connectivity index (χ0) is 11.1. The van der Waals surface area contributed by atoms with Gasteiger partial charge in [-0.2, -0.15) is 4.98 Å². The molecular formula is C11H13N5. The van der Waals surface area contributed by atoms with Crippen molar-refractivity contribution in [3.8, 4) is 0 Å². The molecule has 2 heterocycles. The van der Waals surface area contributed by atoms with Crippen LogP contribution in [0.5, 0.6) is 0 Å². The molecule has 1 aromatic carbocycles. The average Bonchev–Trinajstić information content (AvgIpc) is 2.73. The normalized spacial score (nSPS) is 11.7. The van der Waals surface area contributed by atoms with E-state index in [1.165, 1.54) is 0 Å². The molecule has 0 saturated carbocycles. The molecule has 0 atom stereocenters. The Kier molecular flexibility index (Phi) is 1.86. The lowest BCUT2D eigenvalue weighted by Crippen LogP contribution is -2.10. The summed E-state index contributed by atoms with van der Waals surface area (Å²) in [6.45, 7) is 4.15. The van der Waals surface area contributed by atoms with Crippen LogP contribution in [-0.2, 0) is 0 Å². The van der Waals surface area contributed by atoms with E-state index in [1.54, 1.807) is 0 Å². The number of anilines is 1. The molecule has 0 spiro atoms. The Morgan fingerprint density at radius 3 is 2.88 bits per heavy atom. The molecule has 0 aliphatic heterocycles. The van der Waals surface area contributed by atoms with Crippen LogP contribution in [0.4, 0.5) is 5.95 Å². The minimum Gasteiger partial charge on any atom is -0.352 e. The first-order valence-electron chi connectivity index (χ1n) is 5.34. The highest BCUT2D eigenvalue weighted by Gasteiger charge is 2.08. The van der Waals surface area contributed by atoms with Crippen molar-refractivity contribution in [3.05, 3.63) is 24.3 Å². The fourth-order valence-corrected chi connectivity index (χ4v) is 1.77. The predicted molar refractivity (Wildman–Crippen MR) is 63.6 cm³/mol. The monoisotopic (exact) mass is 215 g/mol. The van der Waals surface area contributed by atoms with Crippen molar-refractivity contribution >= 4 is 22.8 Å². The fourth-order valence-electron chi connectivity index (χ4n) is 1.77. The number of aromatic amines is 1. The van der Waals surface area contributed by atoms with Gasteiger partial charge in [-0.05, 0) is 26.0 Å². The number of rotatable bonds is 2. The third-order valence-corrected chi connectivity index (χ3v) is 2.40. The van der Waals surface area contributed by atoms with Crippen LogP contribution in [0.25, 0.3) is 16.8 Å². The molecule has 82 valence electrons. The number of H-pyrrole nitrogens is 1. The largest absolute Gasteiger partial charge is 0.352 e. The van der Waals surface area contributed by atoms with E-state index in [0.29, 0.717) is 11.8 Å². The number of nitrogens with zero attached hydrogens (tertiary/aromatic N) is 3. The number of aromatic nitrogens is 4. The first-order valence-corrected chi connectivity index (χ1v) is 5.34. The molecular weight excluding hydrogens is 202 g/mol. The van der Waals surface area contributed by atoms with Crippen molar-refractivity contribution in [2.45, 2.75) is 19.9 Å². The molecule has 3 aromatic rings. The second kappa shape index (κ2) is 3.23. The highest BCUT2D eigenvalue weighted by molar-refractivity contribution is 5.79. The van der Waals surface area contributed by atoms with Crippen molar-refractivity contribution in [1.29, 1.82) is 0 Å². The second-order valence-electron chi connectivity index (χ2n) is 4.11. The molecule has 0 fully saturated rings. The molecule has 0 aliphatic carbocycles. The Morgan fingerprint density at radius 1 is 1.25 bits per heavy atom. The molecule has 2 aromatic heterocycles. The summed E-state index contributed by atoms with van der Waals surface area (Å²) in [5.74, 6) is 1.45. The van der Waals surface area contributed by atoms with Crippen LogP contribution < -0.4 is 5.32 Å². The minimum atomic E-state index is 0.349. The SMILES string of the molecule is CC(C)Nc1nc2nc3ccccc3n2[nH]1. The standard InChI is InChI=1S/C11H13N5/c1-7(2)12-10-14-11-13-8-5-3-4-6-9(8)16(11)15-10/h3-7H,1-2H3,(H2,12,13,14,15). The first-order chi connectivity index (χ1) is 7.74. The number of fused-ring (bicyclic) bond motifs is 3. The van der Waals surface area contributed by atoms with Gasteiger partial charge in [0.05, 0.1) is 11.0 Å². The van der Waals surface area contributed by atoms with Crippen molar-refractivity contribution in [2.75, 3.05) is 5.32 Å². The molecule has 0 saturated heterocycles. The third kappa shape index (κ3) is 1.32. The van der Waals surface area contributed by atoms with Gasteiger partial charge < -0.3 is 5.32 Å². The lowest BCUT2D eigenvalue weighted by Gasteiger charge is -2.04. The maximum absolute atomic E-state index is 4.42. The quantitative estimate of drug-likeness (QED) is 0.687. The van der Waals surface area contributed by atoms with Crippen LogP contribution in [0.3, 0.4) is 0 Å². The van der Waals surface area contributed by atoms with Gasteiger partial charge in [0.2, 0.25) is 5.95 Å². The van der Waals surface area contributed by atoms with Gasteiger partial charge in [0, 0.05) is 6.04 Å². The summed E-state index contributed by atoms with van der Waals surface area (Å²) in [7, 11) is 0. The Balaban J connectivity index is 2.18. The second-order valence-corrected chi connectivity index (χ2v) is 4.11. The van der Waals surface area contributed by atoms with Crippen molar-refractivity contribution < 1.29 is 0 Å². The van der Waals surface area contributed by atoms with Gasteiger partial charge >= 0.3 is 0 Å². The van der Waals surface area contributed by atoms with E-state index in [-0.39, 0.29) is 0 Å². The van der Waals surface area contributed by atoms with Gasteiger partial charge in [-0.3, -0.25) is 5.10 Å². The van der Waals surface area contributed by atoms with E-state index in [0.717, 1.165) is 17.0 Å². The fraction of sp³-hybridized carbons (Fsp3) is 0.273. The van der Waals surface area contributed by atoms with Gasteiger partial charge in [-0.15, -0.1) is 0 Å². The summed E-state index contributed by atoms with van der Waals surface area (Å²) in [5.41, 5.74) is 2.00. The Hall–Kier alpha value is -2.04. The minimum absolute atomic E-state index is 0.349. The molecule has 5 nitrogen and oxygen atoms in total. The van der Waals surface area contributed by atoms with E-state index >= 15 is 0 Å². The molecule has 0 amide bonds. The number of benzene rings is 1. The maximum atomic E-state index is 4.42. The summed E-state index contributed by atoms with van der Waals surface area (Å²) >= 11 is 0. The summed E-state index contributed by atoms with van der Waals surface area (Å²) in [5, 5.41) is 6.40. The number of hydrogen-bond donors (Lipinski definition) is 2. The van der Waals surface area contributed by atoms with Crippen LogP contribution in [0.1, 0.15) is 13.8 Å². The van der Waals surface area contributed by atoms with E-state index in [2.05, 4.69) is 34.2 Å². The topological polar surface area (TPSA) is 58.0 Å². The molecule has 0 unspecified atom stereocenters. The maximum Gasteiger partial charge on any atom is 0.253 e. The van der Waals surface area contributed by atoms with Gasteiger partial charge in [0.1, 0.15) is 0 Å². The Labute approximate surface area is 92.5 Å². The van der Waals surface area contributed by atoms with E-state index in [4.69, 9.17) is 0 Å². The zero-order valence-electron chi connectivity index (χ0n) is 9.23. The summed E-state index contributed by atoms with van der Waals surface area (Å²) in [6.07, 6.45) is 0. The van der Waals surface area contributed by atoms with E-state index < -0.39 is 0 Å². The van der Waals surface area contributed by atoms with Crippen molar-refractivity contribution in [1.82, 2.24) is 19.6 Å². The molecule has 0 radical (unpaired) electrons. The highest BCUT2D eigenvalue weighted by atomic mass is 15.4. The predicted octanol–water partition coefficient (Wildman–Crippen LogP) is 2.03. The smallest absolute Gasteiger partial charge is 0.253 e. The third-order valence-electron chi connectivity index (χ3n) is 2.40. The van der Waals surface area contributed by atoms with Crippen molar-refractivity contribution in [2.24, 2.45) is 0 Å². The van der Waals surface area contributed by atoms with Gasteiger partial charge in [0.25, 0.3) is 5.78 Å². The Morgan fingerprint density at radius 2 is 2.06 bits per heavy atom. The summed E-state index contributed by atoms with van der Waals surface area (Å²) in [4.78, 5) is 8.80. The molecule has 3 rings (SSSR count). The van der Waals surface area contributed by atoms with Crippen LogP contribution >= 0.6 is 0 Å². The lowest BCUT2D eigenvalue weighted by atomic mass is 10.3. The van der Waals surface area contributed by atoms with Crippen LogP contribution in [-0.4, -0.2) is 25.6 Å². The number of nitrogens with one attached hydrogen (secondary N) is 2. The van der Waals surface area contributed by atoms with Crippen LogP contribution in [0, 0.1) is 0 Å². The average molecular weight is 215 g/mol.